The van der Waals surface area contributed by atoms with Gasteiger partial charge in [-0.3, -0.25) is 19.3 Å². The molecule has 156 valence electrons. The van der Waals surface area contributed by atoms with Crippen LogP contribution in [0.2, 0.25) is 0 Å². The molecular weight excluding hydrogens is 402 g/mol. The van der Waals surface area contributed by atoms with Crippen LogP contribution in [-0.2, 0) is 4.74 Å². The highest BCUT2D eigenvalue weighted by molar-refractivity contribution is 7.12. The van der Waals surface area contributed by atoms with Gasteiger partial charge < -0.3 is 14.5 Å². The van der Waals surface area contributed by atoms with E-state index in [2.05, 4.69) is 4.90 Å². The van der Waals surface area contributed by atoms with Crippen LogP contribution in [0, 0.1) is 0 Å². The summed E-state index contributed by atoms with van der Waals surface area (Å²) in [6.45, 7) is 3.42. The van der Waals surface area contributed by atoms with Crippen molar-refractivity contribution in [1.82, 2.24) is 9.80 Å². The number of imide groups is 1. The van der Waals surface area contributed by atoms with E-state index in [1.54, 1.807) is 6.07 Å². The maximum absolute atomic E-state index is 13.1. The van der Waals surface area contributed by atoms with Gasteiger partial charge in [0.2, 0.25) is 0 Å². The Morgan fingerprint density at radius 2 is 1.90 bits per heavy atom. The summed E-state index contributed by atoms with van der Waals surface area (Å²) in [6.07, 6.45) is 1.77. The van der Waals surface area contributed by atoms with E-state index < -0.39 is 0 Å². The average molecular weight is 426 g/mol. The van der Waals surface area contributed by atoms with E-state index in [1.165, 1.54) is 16.2 Å². The highest BCUT2D eigenvalue weighted by atomic mass is 32.1. The van der Waals surface area contributed by atoms with Gasteiger partial charge in [-0.05, 0) is 36.4 Å². The molecule has 7 nitrogen and oxygen atoms in total. The van der Waals surface area contributed by atoms with Gasteiger partial charge in [-0.1, -0.05) is 12.1 Å². The summed E-state index contributed by atoms with van der Waals surface area (Å²) < 4.78 is 5.63. The number of piperazine rings is 1. The number of rotatable bonds is 4. The fraction of sp³-hybridized carbons (Fsp3) is 0.409. The van der Waals surface area contributed by atoms with Crippen LogP contribution in [0.25, 0.3) is 0 Å². The van der Waals surface area contributed by atoms with Gasteiger partial charge in [0.1, 0.15) is 0 Å². The molecule has 0 N–H and O–H groups in total. The number of ether oxygens (including phenoxy) is 1. The maximum Gasteiger partial charge on any atom is 0.264 e. The minimum Gasteiger partial charge on any atom is -0.376 e. The highest BCUT2D eigenvalue weighted by Gasteiger charge is 2.40. The smallest absolute Gasteiger partial charge is 0.264 e. The van der Waals surface area contributed by atoms with Crippen molar-refractivity contribution in [2.45, 2.75) is 18.9 Å². The number of fused-ring (bicyclic) bond motifs is 1. The number of benzene rings is 1. The Bertz CT molecular complexity index is 976. The van der Waals surface area contributed by atoms with Crippen LogP contribution in [0.3, 0.4) is 0 Å². The van der Waals surface area contributed by atoms with Crippen LogP contribution in [0.4, 0.5) is 5.69 Å². The molecular formula is C22H23N3O4S. The molecule has 3 aliphatic rings. The summed E-state index contributed by atoms with van der Waals surface area (Å²) in [4.78, 5) is 44.7. The van der Waals surface area contributed by atoms with Crippen LogP contribution in [0.5, 0.6) is 0 Å². The zero-order chi connectivity index (χ0) is 20.7. The molecule has 0 spiro atoms. The fourth-order valence-corrected chi connectivity index (χ4v) is 5.13. The number of hydrogen-bond donors (Lipinski definition) is 0. The van der Waals surface area contributed by atoms with Gasteiger partial charge in [-0.2, -0.15) is 0 Å². The summed E-state index contributed by atoms with van der Waals surface area (Å²) in [5.74, 6) is -0.422. The minimum atomic E-state index is -0.238. The molecule has 8 heteroatoms. The number of thiophene rings is 1. The lowest BCUT2D eigenvalue weighted by atomic mass is 10.1. The quantitative estimate of drug-likeness (QED) is 0.704. The Labute approximate surface area is 178 Å². The second-order valence-electron chi connectivity index (χ2n) is 7.81. The molecule has 1 atom stereocenters. The van der Waals surface area contributed by atoms with E-state index in [4.69, 9.17) is 4.74 Å². The number of amides is 3. The number of anilines is 1. The monoisotopic (exact) mass is 425 g/mol. The van der Waals surface area contributed by atoms with Crippen molar-refractivity contribution in [3.63, 3.8) is 0 Å². The predicted octanol–water partition coefficient (Wildman–Crippen LogP) is 2.49. The van der Waals surface area contributed by atoms with Crippen LogP contribution >= 0.6 is 11.3 Å². The van der Waals surface area contributed by atoms with Gasteiger partial charge in [0.05, 0.1) is 34.3 Å². The van der Waals surface area contributed by atoms with E-state index >= 15 is 0 Å². The summed E-state index contributed by atoms with van der Waals surface area (Å²) in [7, 11) is 0. The lowest BCUT2D eigenvalue weighted by molar-refractivity contribution is 0.0475. The maximum atomic E-state index is 13.1. The van der Waals surface area contributed by atoms with E-state index in [-0.39, 0.29) is 23.8 Å². The average Bonchev–Trinajstić information content (AvgIpc) is 3.53. The summed E-state index contributed by atoms with van der Waals surface area (Å²) >= 11 is 1.45. The summed E-state index contributed by atoms with van der Waals surface area (Å²) in [6, 6.07) is 9.18. The molecule has 2 aromatic rings. The third-order valence-corrected chi connectivity index (χ3v) is 6.88. The molecule has 1 aromatic carbocycles. The van der Waals surface area contributed by atoms with Crippen molar-refractivity contribution in [2.75, 3.05) is 44.2 Å². The molecule has 0 aliphatic carbocycles. The topological polar surface area (TPSA) is 70.2 Å². The second kappa shape index (κ2) is 7.85. The van der Waals surface area contributed by atoms with Gasteiger partial charge in [-0.25, -0.2) is 0 Å². The zero-order valence-corrected chi connectivity index (χ0v) is 17.4. The molecule has 1 unspecified atom stereocenters. The Kier molecular flexibility index (Phi) is 5.04. The highest BCUT2D eigenvalue weighted by Crippen LogP contribution is 2.33. The molecule has 1 aromatic heterocycles. The third kappa shape index (κ3) is 3.30. The van der Waals surface area contributed by atoms with Gasteiger partial charge in [0.15, 0.2) is 0 Å². The molecule has 3 amide bonds. The first-order valence-corrected chi connectivity index (χ1v) is 11.2. The van der Waals surface area contributed by atoms with Crippen LogP contribution < -0.4 is 4.90 Å². The Balaban J connectivity index is 1.32. The SMILES string of the molecule is O=C(c1cccs1)N1CCN(c2cccc3c2C(=O)N(CC2CCCO2)C3=O)CC1. The number of hydrogen-bond acceptors (Lipinski definition) is 6. The van der Waals surface area contributed by atoms with Crippen molar-refractivity contribution in [1.29, 1.82) is 0 Å². The Morgan fingerprint density at radius 3 is 2.60 bits per heavy atom. The lowest BCUT2D eigenvalue weighted by Crippen LogP contribution is -2.49. The molecule has 4 heterocycles. The first kappa shape index (κ1) is 19.3. The molecule has 5 rings (SSSR count). The molecule has 3 aliphatic heterocycles. The van der Waals surface area contributed by atoms with E-state index in [9.17, 15) is 14.4 Å². The van der Waals surface area contributed by atoms with E-state index in [1.807, 2.05) is 34.5 Å². The van der Waals surface area contributed by atoms with Crippen molar-refractivity contribution in [3.8, 4) is 0 Å². The first-order chi connectivity index (χ1) is 14.6. The lowest BCUT2D eigenvalue weighted by Gasteiger charge is -2.36. The fourth-order valence-electron chi connectivity index (χ4n) is 4.44. The van der Waals surface area contributed by atoms with Crippen molar-refractivity contribution in [2.24, 2.45) is 0 Å². The van der Waals surface area contributed by atoms with Crippen LogP contribution in [-0.4, -0.2) is 73.0 Å². The molecule has 2 saturated heterocycles. The molecule has 2 fully saturated rings. The van der Waals surface area contributed by atoms with Gasteiger partial charge in [-0.15, -0.1) is 11.3 Å². The normalized spacial score (nSPS) is 21.5. The van der Waals surface area contributed by atoms with Crippen LogP contribution in [0.1, 0.15) is 43.2 Å². The summed E-state index contributed by atoms with van der Waals surface area (Å²) in [5.41, 5.74) is 1.73. The second-order valence-corrected chi connectivity index (χ2v) is 8.76. The van der Waals surface area contributed by atoms with E-state index in [0.29, 0.717) is 50.5 Å². The molecule has 30 heavy (non-hydrogen) atoms. The molecule has 0 radical (unpaired) electrons. The first-order valence-electron chi connectivity index (χ1n) is 10.3. The van der Waals surface area contributed by atoms with Crippen molar-refractivity contribution < 1.29 is 19.1 Å². The minimum absolute atomic E-state index is 0.0527. The van der Waals surface area contributed by atoms with Crippen molar-refractivity contribution >= 4 is 34.7 Å². The largest absolute Gasteiger partial charge is 0.376 e. The number of carbonyl (C=O) groups is 3. The molecule has 0 bridgehead atoms. The number of nitrogens with zero attached hydrogens (tertiary/aromatic N) is 3. The predicted molar refractivity (Wildman–Crippen MR) is 113 cm³/mol. The van der Waals surface area contributed by atoms with Crippen molar-refractivity contribution in [3.05, 3.63) is 51.7 Å². The number of carbonyl (C=O) groups excluding carboxylic acids is 3. The van der Waals surface area contributed by atoms with Crippen LogP contribution in [0.15, 0.2) is 35.7 Å². The molecule has 0 saturated carbocycles. The zero-order valence-electron chi connectivity index (χ0n) is 16.6. The van der Waals surface area contributed by atoms with Gasteiger partial charge in [0.25, 0.3) is 17.7 Å². The van der Waals surface area contributed by atoms with Gasteiger partial charge >= 0.3 is 0 Å². The standard InChI is InChI=1S/C22H23N3O4S/c26-20-16-5-1-6-17(19(16)22(28)25(20)14-15-4-2-12-29-15)23-8-10-24(11-9-23)21(27)18-7-3-13-30-18/h1,3,5-7,13,15H,2,4,8-12,14H2. The summed E-state index contributed by atoms with van der Waals surface area (Å²) in [5, 5.41) is 1.90. The van der Waals surface area contributed by atoms with Gasteiger partial charge in [0, 0.05) is 32.8 Å². The third-order valence-electron chi connectivity index (χ3n) is 6.03. The van der Waals surface area contributed by atoms with E-state index in [0.717, 1.165) is 23.4 Å². The Hall–Kier alpha value is -2.71. The Morgan fingerprint density at radius 1 is 1.07 bits per heavy atom.